The number of nitrogens with one attached hydrogen (secondary N) is 1. The lowest BCUT2D eigenvalue weighted by molar-refractivity contribution is -0.121. The van der Waals surface area contributed by atoms with Crippen molar-refractivity contribution in [2.45, 2.75) is 51.9 Å². The van der Waals surface area contributed by atoms with Gasteiger partial charge in [-0.15, -0.1) is 0 Å². The van der Waals surface area contributed by atoms with Gasteiger partial charge in [0.05, 0.1) is 22.9 Å². The molecule has 39 heavy (non-hydrogen) atoms. The second-order valence-corrected chi connectivity index (χ2v) is 14.1. The molecule has 2 aromatic rings. The molecule has 3 saturated heterocycles. The summed E-state index contributed by atoms with van der Waals surface area (Å²) in [6.07, 6.45) is 5.00. The van der Waals surface area contributed by atoms with Gasteiger partial charge in [-0.25, -0.2) is 13.4 Å². The van der Waals surface area contributed by atoms with Gasteiger partial charge in [-0.3, -0.25) is 13.9 Å². The van der Waals surface area contributed by atoms with Gasteiger partial charge in [-0.05, 0) is 66.3 Å². The summed E-state index contributed by atoms with van der Waals surface area (Å²) in [7, 11) is -3.52. The van der Waals surface area contributed by atoms with Crippen LogP contribution in [0.25, 0.3) is 0 Å². The molecule has 4 aliphatic rings. The van der Waals surface area contributed by atoms with Gasteiger partial charge in [0.2, 0.25) is 15.9 Å². The molecule has 3 aliphatic heterocycles. The Balaban J connectivity index is 1.25. The third-order valence-corrected chi connectivity index (χ3v) is 10.6. The number of piperazine rings is 1. The summed E-state index contributed by atoms with van der Waals surface area (Å²) in [5, 5.41) is 2.93. The highest BCUT2D eigenvalue weighted by Crippen LogP contribution is 2.42. The molecule has 1 atom stereocenters. The van der Waals surface area contributed by atoms with Crippen LogP contribution in [-0.4, -0.2) is 75.1 Å². The van der Waals surface area contributed by atoms with E-state index >= 15 is 0 Å². The highest BCUT2D eigenvalue weighted by Gasteiger charge is 2.43. The van der Waals surface area contributed by atoms with E-state index in [2.05, 4.69) is 23.2 Å². The minimum Gasteiger partial charge on any atom is -0.355 e. The topological polar surface area (TPSA) is 103 Å². The van der Waals surface area contributed by atoms with E-state index in [1.165, 1.54) is 22.7 Å². The third-order valence-electron chi connectivity index (χ3n) is 8.70. The van der Waals surface area contributed by atoms with E-state index in [-0.39, 0.29) is 23.0 Å². The molecule has 4 heterocycles. The van der Waals surface area contributed by atoms with Gasteiger partial charge in [0.15, 0.2) is 0 Å². The Morgan fingerprint density at radius 2 is 1.79 bits per heavy atom. The van der Waals surface area contributed by atoms with E-state index in [1.807, 2.05) is 26.1 Å². The lowest BCUT2D eigenvalue weighted by atomic mass is 9.77. The van der Waals surface area contributed by atoms with Crippen molar-refractivity contribution in [2.75, 3.05) is 54.2 Å². The SMILES string of the molecule is Cc1cc(C2CC2)cnc1N1CCN(C(=O)c2ccc(C3C(=O)NCC3(C)C)cc2N2CCCS2(=O)=O)CC1. The number of pyridine rings is 1. The van der Waals surface area contributed by atoms with Crippen molar-refractivity contribution < 1.29 is 18.0 Å². The van der Waals surface area contributed by atoms with E-state index < -0.39 is 15.9 Å². The maximum atomic E-state index is 13.8. The van der Waals surface area contributed by atoms with Gasteiger partial charge in [0, 0.05) is 45.5 Å². The number of amides is 2. The van der Waals surface area contributed by atoms with Crippen molar-refractivity contribution in [3.8, 4) is 0 Å². The first kappa shape index (κ1) is 26.1. The Hall–Kier alpha value is -3.14. The molecule has 1 saturated carbocycles. The average Bonchev–Trinajstić information content (AvgIpc) is 3.64. The molecule has 0 radical (unpaired) electrons. The number of sulfonamides is 1. The third kappa shape index (κ3) is 4.77. The quantitative estimate of drug-likeness (QED) is 0.613. The smallest absolute Gasteiger partial charge is 0.256 e. The number of nitrogens with zero attached hydrogens (tertiary/aromatic N) is 4. The number of carbonyl (C=O) groups is 2. The fourth-order valence-electron chi connectivity index (χ4n) is 6.35. The Morgan fingerprint density at radius 3 is 2.38 bits per heavy atom. The summed E-state index contributed by atoms with van der Waals surface area (Å²) in [6.45, 7) is 9.41. The van der Waals surface area contributed by atoms with Crippen LogP contribution >= 0.6 is 0 Å². The fourth-order valence-corrected chi connectivity index (χ4v) is 7.93. The largest absolute Gasteiger partial charge is 0.355 e. The van der Waals surface area contributed by atoms with Crippen LogP contribution in [0.5, 0.6) is 0 Å². The number of hydrogen-bond donors (Lipinski definition) is 1. The van der Waals surface area contributed by atoms with Crippen LogP contribution in [0.4, 0.5) is 11.5 Å². The molecule has 0 spiro atoms. The van der Waals surface area contributed by atoms with Crippen LogP contribution in [0.1, 0.15) is 72.0 Å². The van der Waals surface area contributed by atoms with Gasteiger partial charge in [0.25, 0.3) is 5.91 Å². The van der Waals surface area contributed by atoms with Crippen molar-refractivity contribution in [3.63, 3.8) is 0 Å². The van der Waals surface area contributed by atoms with E-state index in [1.54, 1.807) is 17.0 Å². The number of aryl methyl sites for hydroxylation is 1. The maximum absolute atomic E-state index is 13.8. The van der Waals surface area contributed by atoms with Crippen molar-refractivity contribution in [3.05, 3.63) is 52.7 Å². The second-order valence-electron chi connectivity index (χ2n) is 12.1. The molecule has 0 bridgehead atoms. The van der Waals surface area contributed by atoms with Crippen LogP contribution < -0.4 is 14.5 Å². The first-order chi connectivity index (χ1) is 18.5. The minimum atomic E-state index is -3.52. The minimum absolute atomic E-state index is 0.0603. The summed E-state index contributed by atoms with van der Waals surface area (Å²) in [6, 6.07) is 7.55. The number of benzene rings is 1. The lowest BCUT2D eigenvalue weighted by Gasteiger charge is -2.36. The molecule has 10 heteroatoms. The highest BCUT2D eigenvalue weighted by molar-refractivity contribution is 7.93. The summed E-state index contributed by atoms with van der Waals surface area (Å²) >= 11 is 0. The molecular formula is C29H37N5O4S. The van der Waals surface area contributed by atoms with Crippen LogP contribution in [0.15, 0.2) is 30.5 Å². The van der Waals surface area contributed by atoms with Crippen molar-refractivity contribution in [1.29, 1.82) is 0 Å². The molecule has 6 rings (SSSR count). The summed E-state index contributed by atoms with van der Waals surface area (Å²) < 4.78 is 27.3. The second kappa shape index (κ2) is 9.50. The number of carbonyl (C=O) groups excluding carboxylic acids is 2. The van der Waals surface area contributed by atoms with Gasteiger partial charge < -0.3 is 15.1 Å². The average molecular weight is 552 g/mol. The number of aromatic nitrogens is 1. The molecule has 1 aliphatic carbocycles. The van der Waals surface area contributed by atoms with Crippen molar-refractivity contribution in [2.24, 2.45) is 5.41 Å². The lowest BCUT2D eigenvalue weighted by Crippen LogP contribution is -2.49. The van der Waals surface area contributed by atoms with Gasteiger partial charge in [-0.1, -0.05) is 26.0 Å². The molecule has 2 amide bonds. The van der Waals surface area contributed by atoms with E-state index in [0.717, 1.165) is 16.9 Å². The molecule has 1 aromatic carbocycles. The zero-order valence-corrected chi connectivity index (χ0v) is 23.8. The van der Waals surface area contributed by atoms with Crippen LogP contribution in [0, 0.1) is 12.3 Å². The number of hydrogen-bond acceptors (Lipinski definition) is 6. The highest BCUT2D eigenvalue weighted by atomic mass is 32.2. The monoisotopic (exact) mass is 551 g/mol. The maximum Gasteiger partial charge on any atom is 0.256 e. The summed E-state index contributed by atoms with van der Waals surface area (Å²) in [4.78, 5) is 35.3. The zero-order valence-electron chi connectivity index (χ0n) is 22.9. The van der Waals surface area contributed by atoms with Crippen molar-refractivity contribution in [1.82, 2.24) is 15.2 Å². The first-order valence-electron chi connectivity index (χ1n) is 14.0. The molecule has 1 N–H and O–H groups in total. The predicted molar refractivity (Wildman–Crippen MR) is 151 cm³/mol. The van der Waals surface area contributed by atoms with Crippen molar-refractivity contribution >= 4 is 33.3 Å². The predicted octanol–water partition coefficient (Wildman–Crippen LogP) is 3.01. The van der Waals surface area contributed by atoms with Gasteiger partial charge >= 0.3 is 0 Å². The molecule has 4 fully saturated rings. The Labute approximate surface area is 230 Å². The Kier molecular flexibility index (Phi) is 6.36. The summed E-state index contributed by atoms with van der Waals surface area (Å²) in [5.41, 5.74) is 3.66. The van der Waals surface area contributed by atoms with E-state index in [0.29, 0.717) is 62.9 Å². The molecule has 1 aromatic heterocycles. The first-order valence-corrected chi connectivity index (χ1v) is 15.6. The molecular weight excluding hydrogens is 514 g/mol. The fraction of sp³-hybridized carbons (Fsp3) is 0.552. The van der Waals surface area contributed by atoms with Crippen LogP contribution in [0.3, 0.4) is 0 Å². The van der Waals surface area contributed by atoms with Gasteiger partial charge in [-0.2, -0.15) is 0 Å². The summed E-state index contributed by atoms with van der Waals surface area (Å²) in [5.74, 6) is 1.04. The Morgan fingerprint density at radius 1 is 1.05 bits per heavy atom. The standard InChI is InChI=1S/C29H37N5O4S/c1-19-15-22(20-5-6-20)17-30-26(19)32-10-12-33(13-11-32)28(36)23-8-7-21(25-27(35)31-18-29(25,2)3)16-24(23)34-9-4-14-39(34,37)38/h7-8,15-17,20,25H,4-6,9-14,18H2,1-3H3,(H,31,35). The molecule has 9 nitrogen and oxygen atoms in total. The number of anilines is 2. The van der Waals surface area contributed by atoms with Crippen LogP contribution in [0.2, 0.25) is 0 Å². The van der Waals surface area contributed by atoms with Crippen LogP contribution in [-0.2, 0) is 14.8 Å². The Bertz CT molecular complexity index is 1430. The van der Waals surface area contributed by atoms with E-state index in [4.69, 9.17) is 4.98 Å². The number of rotatable bonds is 5. The van der Waals surface area contributed by atoms with E-state index in [9.17, 15) is 18.0 Å². The molecule has 1 unspecified atom stereocenters. The molecule has 208 valence electrons. The zero-order chi connectivity index (χ0) is 27.5. The van der Waals surface area contributed by atoms with Gasteiger partial charge in [0.1, 0.15) is 5.82 Å². The normalized spacial score (nSPS) is 24.2.